The van der Waals surface area contributed by atoms with Crippen molar-refractivity contribution in [2.75, 3.05) is 7.11 Å². The van der Waals surface area contributed by atoms with Gasteiger partial charge in [0, 0.05) is 15.7 Å². The van der Waals surface area contributed by atoms with Crippen LogP contribution in [0.1, 0.15) is 48.9 Å². The number of methoxy groups -OCH3 is 1. The van der Waals surface area contributed by atoms with Crippen LogP contribution in [0.25, 0.3) is 0 Å². The first kappa shape index (κ1) is 16.1. The van der Waals surface area contributed by atoms with Crippen molar-refractivity contribution in [2.24, 2.45) is 11.3 Å². The fourth-order valence-corrected chi connectivity index (χ4v) is 3.74. The van der Waals surface area contributed by atoms with E-state index in [2.05, 4.69) is 71.0 Å². The molecule has 1 heterocycles. The van der Waals surface area contributed by atoms with Crippen molar-refractivity contribution in [1.29, 1.82) is 0 Å². The number of hydrogen-bond acceptors (Lipinski definition) is 2. The molecule has 0 spiro atoms. The summed E-state index contributed by atoms with van der Waals surface area (Å²) in [5.41, 5.74) is 1.64. The standard InChI is InChI=1S/C19H26OS/c1-13-7-12-17(21-13)18(14(2)19(3,4)5)15-8-10-16(20-6)11-9-15/h7-12,14,18H,1-6H3/t14-,18-/m1/s1. The van der Waals surface area contributed by atoms with Crippen molar-refractivity contribution in [3.8, 4) is 5.75 Å². The van der Waals surface area contributed by atoms with Crippen LogP contribution in [0, 0.1) is 18.3 Å². The monoisotopic (exact) mass is 302 g/mol. The molecular formula is C19H26OS. The molecule has 0 aliphatic rings. The summed E-state index contributed by atoms with van der Waals surface area (Å²) in [6, 6.07) is 13.1. The van der Waals surface area contributed by atoms with Crippen LogP contribution >= 0.6 is 11.3 Å². The Balaban J connectivity index is 2.44. The van der Waals surface area contributed by atoms with Crippen LogP contribution in [-0.4, -0.2) is 7.11 Å². The van der Waals surface area contributed by atoms with E-state index in [4.69, 9.17) is 4.74 Å². The fraction of sp³-hybridized carbons (Fsp3) is 0.474. The minimum Gasteiger partial charge on any atom is -0.497 e. The predicted molar refractivity (Wildman–Crippen MR) is 92.5 cm³/mol. The van der Waals surface area contributed by atoms with Crippen molar-refractivity contribution in [2.45, 2.75) is 40.5 Å². The van der Waals surface area contributed by atoms with Gasteiger partial charge in [0.2, 0.25) is 0 Å². The Morgan fingerprint density at radius 2 is 1.62 bits per heavy atom. The molecule has 2 aromatic rings. The van der Waals surface area contributed by atoms with Gasteiger partial charge in [0.1, 0.15) is 5.75 Å². The third kappa shape index (κ3) is 3.68. The topological polar surface area (TPSA) is 9.23 Å². The molecule has 0 N–H and O–H groups in total. The Morgan fingerprint density at radius 1 is 1.00 bits per heavy atom. The first-order valence-electron chi connectivity index (χ1n) is 7.53. The SMILES string of the molecule is COc1ccc([C@H](c2ccc(C)s2)[C@@H](C)C(C)(C)C)cc1. The molecule has 21 heavy (non-hydrogen) atoms. The minimum atomic E-state index is 0.266. The summed E-state index contributed by atoms with van der Waals surface area (Å²) in [6.07, 6.45) is 0. The highest BCUT2D eigenvalue weighted by Gasteiger charge is 2.31. The van der Waals surface area contributed by atoms with Crippen LogP contribution in [0.3, 0.4) is 0 Å². The predicted octanol–water partition coefficient (Wildman–Crippen LogP) is 5.88. The second-order valence-electron chi connectivity index (χ2n) is 6.85. The Hall–Kier alpha value is -1.28. The Labute approximate surface area is 133 Å². The maximum absolute atomic E-state index is 5.29. The van der Waals surface area contributed by atoms with Gasteiger partial charge in [-0.15, -0.1) is 11.3 Å². The number of benzene rings is 1. The van der Waals surface area contributed by atoms with Crippen molar-refractivity contribution in [3.63, 3.8) is 0 Å². The highest BCUT2D eigenvalue weighted by molar-refractivity contribution is 7.12. The highest BCUT2D eigenvalue weighted by atomic mass is 32.1. The van der Waals surface area contributed by atoms with Crippen LogP contribution in [0.15, 0.2) is 36.4 Å². The molecule has 0 saturated heterocycles. The summed E-state index contributed by atoms with van der Waals surface area (Å²) in [7, 11) is 1.72. The zero-order valence-corrected chi connectivity index (χ0v) is 14.8. The van der Waals surface area contributed by atoms with Gasteiger partial charge in [0.15, 0.2) is 0 Å². The number of rotatable bonds is 4. The van der Waals surface area contributed by atoms with Crippen LogP contribution in [0.4, 0.5) is 0 Å². The van der Waals surface area contributed by atoms with Crippen LogP contribution in [-0.2, 0) is 0 Å². The molecule has 0 saturated carbocycles. The number of thiophene rings is 1. The zero-order valence-electron chi connectivity index (χ0n) is 13.9. The molecule has 0 unspecified atom stereocenters. The van der Waals surface area contributed by atoms with E-state index in [1.165, 1.54) is 15.3 Å². The van der Waals surface area contributed by atoms with Crippen molar-refractivity contribution in [1.82, 2.24) is 0 Å². The van der Waals surface area contributed by atoms with Gasteiger partial charge in [-0.2, -0.15) is 0 Å². The molecule has 0 aliphatic carbocycles. The van der Waals surface area contributed by atoms with Crippen LogP contribution in [0.5, 0.6) is 5.75 Å². The molecule has 0 amide bonds. The molecule has 0 aliphatic heterocycles. The van der Waals surface area contributed by atoms with E-state index < -0.39 is 0 Å². The molecule has 1 aromatic carbocycles. The molecule has 114 valence electrons. The average Bonchev–Trinajstić information content (AvgIpc) is 2.85. The molecule has 1 nitrogen and oxygen atoms in total. The number of hydrogen-bond donors (Lipinski definition) is 0. The lowest BCUT2D eigenvalue weighted by Crippen LogP contribution is -2.24. The van der Waals surface area contributed by atoms with Gasteiger partial charge in [-0.05, 0) is 48.1 Å². The lowest BCUT2D eigenvalue weighted by Gasteiger charge is -2.34. The van der Waals surface area contributed by atoms with Crippen molar-refractivity contribution in [3.05, 3.63) is 51.7 Å². The largest absolute Gasteiger partial charge is 0.497 e. The maximum atomic E-state index is 5.29. The van der Waals surface area contributed by atoms with Gasteiger partial charge in [-0.3, -0.25) is 0 Å². The van der Waals surface area contributed by atoms with Crippen molar-refractivity contribution >= 4 is 11.3 Å². The van der Waals surface area contributed by atoms with E-state index in [0.29, 0.717) is 11.8 Å². The molecular weight excluding hydrogens is 276 g/mol. The average molecular weight is 302 g/mol. The second-order valence-corrected chi connectivity index (χ2v) is 8.17. The van der Waals surface area contributed by atoms with Gasteiger partial charge < -0.3 is 4.74 Å². The first-order chi connectivity index (χ1) is 9.82. The zero-order chi connectivity index (χ0) is 15.6. The van der Waals surface area contributed by atoms with Gasteiger partial charge in [0.05, 0.1) is 7.11 Å². The van der Waals surface area contributed by atoms with E-state index >= 15 is 0 Å². The van der Waals surface area contributed by atoms with E-state index in [9.17, 15) is 0 Å². The summed E-state index contributed by atoms with van der Waals surface area (Å²) < 4.78 is 5.29. The van der Waals surface area contributed by atoms with Gasteiger partial charge >= 0.3 is 0 Å². The summed E-state index contributed by atoms with van der Waals surface area (Å²) in [4.78, 5) is 2.84. The van der Waals surface area contributed by atoms with Crippen LogP contribution < -0.4 is 4.74 Å². The lowest BCUT2D eigenvalue weighted by atomic mass is 9.71. The molecule has 0 radical (unpaired) electrons. The smallest absolute Gasteiger partial charge is 0.118 e. The summed E-state index contributed by atoms with van der Waals surface area (Å²) >= 11 is 1.91. The van der Waals surface area contributed by atoms with Gasteiger partial charge in [-0.1, -0.05) is 39.8 Å². The van der Waals surface area contributed by atoms with E-state index in [1.807, 2.05) is 11.3 Å². The highest BCUT2D eigenvalue weighted by Crippen LogP contribution is 2.44. The molecule has 2 heteroatoms. The maximum Gasteiger partial charge on any atom is 0.118 e. The third-order valence-corrected chi connectivity index (χ3v) is 5.49. The van der Waals surface area contributed by atoms with Crippen molar-refractivity contribution < 1.29 is 4.74 Å². The Morgan fingerprint density at radius 3 is 2.05 bits per heavy atom. The Kier molecular flexibility index (Phi) is 4.77. The number of ether oxygens (including phenoxy) is 1. The molecule has 1 aromatic heterocycles. The van der Waals surface area contributed by atoms with Gasteiger partial charge in [0.25, 0.3) is 0 Å². The molecule has 0 fully saturated rings. The summed E-state index contributed by atoms with van der Waals surface area (Å²) in [5, 5.41) is 0. The van der Waals surface area contributed by atoms with Crippen LogP contribution in [0.2, 0.25) is 0 Å². The number of aryl methyl sites for hydroxylation is 1. The van der Waals surface area contributed by atoms with E-state index in [-0.39, 0.29) is 5.41 Å². The van der Waals surface area contributed by atoms with Gasteiger partial charge in [-0.25, -0.2) is 0 Å². The molecule has 0 bridgehead atoms. The fourth-order valence-electron chi connectivity index (χ4n) is 2.63. The normalized spacial score (nSPS) is 14.8. The second kappa shape index (κ2) is 6.23. The quantitative estimate of drug-likeness (QED) is 0.685. The third-order valence-electron chi connectivity index (χ3n) is 4.41. The first-order valence-corrected chi connectivity index (χ1v) is 8.35. The minimum absolute atomic E-state index is 0.266. The summed E-state index contributed by atoms with van der Waals surface area (Å²) in [6.45, 7) is 11.5. The molecule has 2 atom stereocenters. The lowest BCUT2D eigenvalue weighted by molar-refractivity contribution is 0.239. The Bertz CT molecular complexity index is 574. The van der Waals surface area contributed by atoms with E-state index in [1.54, 1.807) is 7.11 Å². The molecule has 2 rings (SSSR count). The summed E-state index contributed by atoms with van der Waals surface area (Å²) in [5.74, 6) is 1.92. The van der Waals surface area contributed by atoms with E-state index in [0.717, 1.165) is 5.75 Å².